The van der Waals surface area contributed by atoms with Crippen molar-refractivity contribution >= 4 is 5.82 Å². The van der Waals surface area contributed by atoms with E-state index in [0.717, 1.165) is 25.3 Å². The second-order valence-corrected chi connectivity index (χ2v) is 5.74. The summed E-state index contributed by atoms with van der Waals surface area (Å²) in [5, 5.41) is 2.95. The lowest BCUT2D eigenvalue weighted by Crippen LogP contribution is -2.19. The molecule has 0 aliphatic rings. The molecule has 0 saturated heterocycles. The molecule has 0 amide bonds. The minimum absolute atomic E-state index is 0.0554. The van der Waals surface area contributed by atoms with Crippen molar-refractivity contribution in [2.75, 3.05) is 19.5 Å². The van der Waals surface area contributed by atoms with Gasteiger partial charge in [0.05, 0.1) is 29.6 Å². The highest BCUT2D eigenvalue weighted by molar-refractivity contribution is 5.72. The van der Waals surface area contributed by atoms with Gasteiger partial charge in [-0.25, -0.2) is 9.97 Å². The first-order valence-electron chi connectivity index (χ1n) is 11.4. The van der Waals surface area contributed by atoms with E-state index in [1.807, 2.05) is 13.8 Å². The van der Waals surface area contributed by atoms with Crippen molar-refractivity contribution in [1.29, 1.82) is 0 Å². The molecule has 0 bridgehead atoms. The topological polar surface area (TPSA) is 65.5 Å². The summed E-state index contributed by atoms with van der Waals surface area (Å²) in [4.78, 5) is 8.24. The van der Waals surface area contributed by atoms with Crippen molar-refractivity contribution in [2.45, 2.75) is 45.9 Å². The second-order valence-electron chi connectivity index (χ2n) is 5.74. The average Bonchev–Trinajstić information content (AvgIpc) is 2.69. The van der Waals surface area contributed by atoms with Crippen molar-refractivity contribution in [3.63, 3.8) is 0 Å². The maximum Gasteiger partial charge on any atom is 0.573 e. The standard InChI is InChI=1S/C19H24F3N3O3/c1-6-12(7-2)24-17-18(27-5)25-16(11(3)23-17)14-9-8-13(10-15(14)26-4)28-19(20,21)22/h8-10,12H,6-7H2,1-5H3,(H,23,24)/i3D3,5D3. The number of aromatic nitrogens is 2. The fourth-order valence-electron chi connectivity index (χ4n) is 2.52. The molecule has 9 heteroatoms. The summed E-state index contributed by atoms with van der Waals surface area (Å²) in [6.07, 6.45) is -3.73. The normalized spacial score (nSPS) is 15.5. The van der Waals surface area contributed by atoms with Crippen molar-refractivity contribution in [1.82, 2.24) is 9.97 Å². The molecule has 6 nitrogen and oxygen atoms in total. The van der Waals surface area contributed by atoms with E-state index in [9.17, 15) is 13.2 Å². The first kappa shape index (κ1) is 14.3. The number of alkyl halides is 3. The zero-order valence-corrected chi connectivity index (χ0v) is 15.5. The number of ether oxygens (including phenoxy) is 3. The number of rotatable bonds is 8. The molecule has 0 unspecified atom stereocenters. The monoisotopic (exact) mass is 405 g/mol. The van der Waals surface area contributed by atoms with Gasteiger partial charge in [0.2, 0.25) is 0 Å². The molecule has 1 N–H and O–H groups in total. The molecule has 0 radical (unpaired) electrons. The molecule has 154 valence electrons. The Morgan fingerprint density at radius 3 is 2.50 bits per heavy atom. The van der Waals surface area contributed by atoms with Crippen LogP contribution in [0.4, 0.5) is 19.0 Å². The van der Waals surface area contributed by atoms with Gasteiger partial charge in [0.1, 0.15) is 11.5 Å². The van der Waals surface area contributed by atoms with Gasteiger partial charge in [0.25, 0.3) is 5.88 Å². The Balaban J connectivity index is 2.77. The number of anilines is 1. The van der Waals surface area contributed by atoms with Crippen LogP contribution in [-0.4, -0.2) is 36.5 Å². The van der Waals surface area contributed by atoms with Gasteiger partial charge in [-0.3, -0.25) is 0 Å². The van der Waals surface area contributed by atoms with E-state index in [1.54, 1.807) is 0 Å². The number of nitrogens with zero attached hydrogens (tertiary/aromatic N) is 2. The van der Waals surface area contributed by atoms with Gasteiger partial charge in [-0.2, -0.15) is 0 Å². The van der Waals surface area contributed by atoms with Gasteiger partial charge < -0.3 is 19.5 Å². The molecule has 0 saturated carbocycles. The van der Waals surface area contributed by atoms with Crippen molar-refractivity contribution in [3.05, 3.63) is 23.9 Å². The Morgan fingerprint density at radius 1 is 1.18 bits per heavy atom. The molecule has 0 fully saturated rings. The van der Waals surface area contributed by atoms with E-state index in [0.29, 0.717) is 12.8 Å². The Labute approximate surface area is 170 Å². The first-order chi connectivity index (χ1) is 15.6. The number of benzene rings is 1. The quantitative estimate of drug-likeness (QED) is 0.669. The predicted octanol–water partition coefficient (Wildman–Crippen LogP) is 4.97. The van der Waals surface area contributed by atoms with E-state index in [2.05, 4.69) is 20.0 Å². The molecule has 2 aromatic rings. The number of halogens is 3. The van der Waals surface area contributed by atoms with Crippen LogP contribution in [0.25, 0.3) is 11.3 Å². The van der Waals surface area contributed by atoms with Crippen molar-refractivity contribution in [3.8, 4) is 28.6 Å². The number of hydrogen-bond donors (Lipinski definition) is 1. The van der Waals surface area contributed by atoms with E-state index in [1.165, 1.54) is 0 Å². The molecule has 1 aromatic heterocycles. The number of aryl methyl sites for hydroxylation is 1. The van der Waals surface area contributed by atoms with Crippen LogP contribution in [0, 0.1) is 6.85 Å². The lowest BCUT2D eigenvalue weighted by molar-refractivity contribution is -0.274. The highest BCUT2D eigenvalue weighted by Gasteiger charge is 2.31. The summed E-state index contributed by atoms with van der Waals surface area (Å²) >= 11 is 0. The SMILES string of the molecule is [2H]C([2H])([2H])Oc1nc(-c2ccc(OC(F)(F)F)cc2OC)c(C([2H])([2H])[2H])nc1NC(CC)CC. The molecule has 28 heavy (non-hydrogen) atoms. The fraction of sp³-hybridized carbons (Fsp3) is 0.474. The molecular formula is C19H24F3N3O3. The van der Waals surface area contributed by atoms with Crippen LogP contribution in [0.3, 0.4) is 0 Å². The first-order valence-corrected chi connectivity index (χ1v) is 8.40. The highest BCUT2D eigenvalue weighted by Crippen LogP contribution is 2.37. The Hall–Kier alpha value is -2.71. The number of methoxy groups -OCH3 is 2. The third kappa shape index (κ3) is 5.17. The van der Waals surface area contributed by atoms with Gasteiger partial charge in [-0.1, -0.05) is 13.8 Å². The van der Waals surface area contributed by atoms with E-state index in [4.69, 9.17) is 17.7 Å². The molecule has 1 aromatic carbocycles. The van der Waals surface area contributed by atoms with Crippen molar-refractivity contribution < 1.29 is 35.6 Å². The Bertz CT molecular complexity index is 996. The summed E-state index contributed by atoms with van der Waals surface area (Å²) in [7, 11) is -1.78. The van der Waals surface area contributed by atoms with E-state index in [-0.39, 0.29) is 28.9 Å². The predicted molar refractivity (Wildman–Crippen MR) is 100.0 cm³/mol. The molecule has 2 rings (SSSR count). The fourth-order valence-corrected chi connectivity index (χ4v) is 2.52. The smallest absolute Gasteiger partial charge is 0.496 e. The summed E-state index contributed by atoms with van der Waals surface area (Å²) < 4.78 is 97.8. The van der Waals surface area contributed by atoms with E-state index >= 15 is 0 Å². The van der Waals surface area contributed by atoms with Crippen molar-refractivity contribution in [2.24, 2.45) is 0 Å². The van der Waals surface area contributed by atoms with E-state index < -0.39 is 37.6 Å². The molecular weight excluding hydrogens is 375 g/mol. The third-order valence-corrected chi connectivity index (χ3v) is 3.95. The van der Waals surface area contributed by atoms with Gasteiger partial charge in [0.15, 0.2) is 5.82 Å². The van der Waals surface area contributed by atoms with Crippen LogP contribution in [0.1, 0.15) is 40.6 Å². The molecule has 0 aliphatic carbocycles. The van der Waals surface area contributed by atoms with Crippen LogP contribution in [0.15, 0.2) is 18.2 Å². The molecule has 0 aliphatic heterocycles. The van der Waals surface area contributed by atoms with Crippen LogP contribution in [0.5, 0.6) is 17.4 Å². The summed E-state index contributed by atoms with van der Waals surface area (Å²) in [6.45, 7) is 0.915. The lowest BCUT2D eigenvalue weighted by Gasteiger charge is -2.19. The second kappa shape index (κ2) is 8.99. The Morgan fingerprint density at radius 2 is 1.93 bits per heavy atom. The zero-order valence-electron chi connectivity index (χ0n) is 21.5. The van der Waals surface area contributed by atoms with Crippen LogP contribution in [0.2, 0.25) is 0 Å². The van der Waals surface area contributed by atoms with Gasteiger partial charge in [0, 0.05) is 21.8 Å². The van der Waals surface area contributed by atoms with Crippen LogP contribution < -0.4 is 19.5 Å². The van der Waals surface area contributed by atoms with Gasteiger partial charge in [-0.05, 0) is 31.8 Å². The van der Waals surface area contributed by atoms with Gasteiger partial charge >= 0.3 is 6.36 Å². The number of nitrogens with one attached hydrogen (secondary N) is 1. The minimum atomic E-state index is -4.96. The average molecular weight is 405 g/mol. The summed E-state index contributed by atoms with van der Waals surface area (Å²) in [6, 6.07) is 2.76. The molecule has 1 heterocycles. The highest BCUT2D eigenvalue weighted by atomic mass is 19.4. The summed E-state index contributed by atoms with van der Waals surface area (Å²) in [5.41, 5.74) is -0.925. The minimum Gasteiger partial charge on any atom is -0.496 e. The largest absolute Gasteiger partial charge is 0.573 e. The third-order valence-electron chi connectivity index (χ3n) is 3.95. The summed E-state index contributed by atoms with van der Waals surface area (Å²) in [5.74, 6) is -1.49. The lowest BCUT2D eigenvalue weighted by atomic mass is 10.1. The maximum atomic E-state index is 12.6. The maximum absolute atomic E-state index is 12.6. The van der Waals surface area contributed by atoms with Crippen LogP contribution in [-0.2, 0) is 0 Å². The molecule has 0 spiro atoms. The van der Waals surface area contributed by atoms with Gasteiger partial charge in [-0.15, -0.1) is 13.2 Å². The number of hydrogen-bond acceptors (Lipinski definition) is 6. The molecule has 0 atom stereocenters. The Kier molecular flexibility index (Phi) is 4.59. The zero-order chi connectivity index (χ0) is 25.9. The van der Waals surface area contributed by atoms with Crippen LogP contribution >= 0.6 is 0 Å².